The molecule has 0 saturated carbocycles. The fraction of sp³-hybridized carbons (Fsp3) is 0.531. The molecule has 5 heterocycles. The quantitative estimate of drug-likeness (QED) is 0.446. The molecular formula is C32H40N6O5. The highest BCUT2D eigenvalue weighted by atomic mass is 16.5. The molecule has 4 aliphatic heterocycles. The molecule has 4 amide bonds. The Morgan fingerprint density at radius 1 is 1.07 bits per heavy atom. The lowest BCUT2D eigenvalue weighted by atomic mass is 9.90. The van der Waals surface area contributed by atoms with Crippen molar-refractivity contribution >= 4 is 29.3 Å². The third kappa shape index (κ3) is 5.95. The van der Waals surface area contributed by atoms with E-state index in [1.165, 1.54) is 0 Å². The maximum Gasteiger partial charge on any atom is 0.245 e. The molecule has 11 nitrogen and oxygen atoms in total. The third-order valence-electron chi connectivity index (χ3n) is 9.50. The summed E-state index contributed by atoms with van der Waals surface area (Å²) in [5.41, 5.74) is 9.14. The lowest BCUT2D eigenvalue weighted by molar-refractivity contribution is -0.148. The summed E-state index contributed by atoms with van der Waals surface area (Å²) in [4.78, 5) is 60.2. The van der Waals surface area contributed by atoms with E-state index in [0.29, 0.717) is 57.7 Å². The summed E-state index contributed by atoms with van der Waals surface area (Å²) in [7, 11) is 2.02. The number of nitrogens with one attached hydrogen (secondary N) is 1. The molecule has 4 saturated heterocycles. The van der Waals surface area contributed by atoms with Gasteiger partial charge >= 0.3 is 0 Å². The monoisotopic (exact) mass is 588 g/mol. The molecular weight excluding hydrogens is 548 g/mol. The lowest BCUT2D eigenvalue weighted by Crippen LogP contribution is -2.58. The number of likely N-dealkylation sites (tertiary alicyclic amines) is 1. The van der Waals surface area contributed by atoms with Crippen LogP contribution in [0, 0.1) is 0 Å². The van der Waals surface area contributed by atoms with Crippen LogP contribution in [0.25, 0.3) is 0 Å². The van der Waals surface area contributed by atoms with E-state index in [0.717, 1.165) is 36.1 Å². The van der Waals surface area contributed by atoms with Crippen molar-refractivity contribution in [3.05, 3.63) is 53.9 Å². The zero-order valence-corrected chi connectivity index (χ0v) is 24.6. The first-order valence-corrected chi connectivity index (χ1v) is 15.4. The predicted octanol–water partition coefficient (Wildman–Crippen LogP) is 1.91. The normalized spacial score (nSPS) is 26.0. The second-order valence-corrected chi connectivity index (χ2v) is 12.2. The number of imide groups is 1. The standard InChI is InChI=1S/C32H40N6O5/c1-36(15-16-43-23-8-5-20(6-9-23)24-10-12-29(39)35-30(24)40)27-13-14-34-17-25(27)21-18-37(19-21)32(42)28-11-7-22-3-2-4-26(33)31(41)38(22)28/h5-6,8-9,13-14,17,21-22,24,26,28H,2-4,7,10-12,15-16,18-19,33H2,1H3,(H,35,39,40)/t22-,24?,26-,28-/m0/s1. The average molecular weight is 589 g/mol. The molecule has 228 valence electrons. The van der Waals surface area contributed by atoms with Gasteiger partial charge in [-0.05, 0) is 62.3 Å². The highest BCUT2D eigenvalue weighted by molar-refractivity contribution is 6.01. The van der Waals surface area contributed by atoms with Crippen molar-refractivity contribution in [1.29, 1.82) is 0 Å². The maximum atomic E-state index is 13.5. The highest BCUT2D eigenvalue weighted by Crippen LogP contribution is 2.37. The number of piperidine rings is 1. The first-order chi connectivity index (χ1) is 20.8. The van der Waals surface area contributed by atoms with Gasteiger partial charge in [0.1, 0.15) is 18.4 Å². The van der Waals surface area contributed by atoms with E-state index in [1.807, 2.05) is 48.5 Å². The van der Waals surface area contributed by atoms with E-state index < -0.39 is 12.1 Å². The van der Waals surface area contributed by atoms with E-state index in [4.69, 9.17) is 10.5 Å². The molecule has 0 radical (unpaired) electrons. The molecule has 3 N–H and O–H groups in total. The van der Waals surface area contributed by atoms with E-state index in [-0.39, 0.29) is 41.5 Å². The van der Waals surface area contributed by atoms with Gasteiger partial charge < -0.3 is 25.2 Å². The number of rotatable bonds is 8. The Balaban J connectivity index is 1.01. The molecule has 0 bridgehead atoms. The van der Waals surface area contributed by atoms with Crippen LogP contribution in [0.2, 0.25) is 0 Å². The number of carbonyl (C=O) groups excluding carboxylic acids is 4. The van der Waals surface area contributed by atoms with Gasteiger partial charge in [0.15, 0.2) is 0 Å². The molecule has 6 rings (SSSR count). The summed E-state index contributed by atoms with van der Waals surface area (Å²) < 4.78 is 5.99. The van der Waals surface area contributed by atoms with Crippen molar-refractivity contribution < 1.29 is 23.9 Å². The van der Waals surface area contributed by atoms with Crippen LogP contribution in [-0.2, 0) is 19.2 Å². The van der Waals surface area contributed by atoms with Gasteiger partial charge in [-0.15, -0.1) is 0 Å². The van der Waals surface area contributed by atoms with Gasteiger partial charge in [0, 0.05) is 62.2 Å². The molecule has 0 aliphatic carbocycles. The Labute approximate surface area is 251 Å². The number of aromatic nitrogens is 1. The van der Waals surface area contributed by atoms with E-state index in [1.54, 1.807) is 11.1 Å². The Bertz CT molecular complexity index is 1380. The van der Waals surface area contributed by atoms with Gasteiger partial charge in [0.05, 0.1) is 18.5 Å². The van der Waals surface area contributed by atoms with Crippen LogP contribution in [-0.4, -0.2) is 89.8 Å². The lowest BCUT2D eigenvalue weighted by Gasteiger charge is -2.43. The number of hydrogen-bond acceptors (Lipinski definition) is 8. The number of nitrogens with two attached hydrogens (primary N) is 1. The second kappa shape index (κ2) is 12.3. The van der Waals surface area contributed by atoms with Crippen molar-refractivity contribution in [3.63, 3.8) is 0 Å². The first-order valence-electron chi connectivity index (χ1n) is 15.4. The number of anilines is 1. The van der Waals surface area contributed by atoms with Crippen LogP contribution < -0.4 is 20.7 Å². The number of nitrogens with zero attached hydrogens (tertiary/aromatic N) is 4. The maximum absolute atomic E-state index is 13.5. The summed E-state index contributed by atoms with van der Waals surface area (Å²) in [6, 6.07) is 8.71. The third-order valence-corrected chi connectivity index (χ3v) is 9.50. The zero-order chi connectivity index (χ0) is 30.1. The summed E-state index contributed by atoms with van der Waals surface area (Å²) in [6.07, 6.45) is 8.66. The predicted molar refractivity (Wildman–Crippen MR) is 159 cm³/mol. The molecule has 1 aromatic carbocycles. The largest absolute Gasteiger partial charge is 0.492 e. The number of carbonyl (C=O) groups is 4. The number of pyridine rings is 1. The van der Waals surface area contributed by atoms with Gasteiger partial charge in [-0.3, -0.25) is 29.5 Å². The molecule has 0 spiro atoms. The van der Waals surface area contributed by atoms with Crippen molar-refractivity contribution in [3.8, 4) is 5.75 Å². The molecule has 4 atom stereocenters. The first kappa shape index (κ1) is 29.1. The smallest absolute Gasteiger partial charge is 0.245 e. The summed E-state index contributed by atoms with van der Waals surface area (Å²) in [5, 5.41) is 2.40. The Morgan fingerprint density at radius 3 is 2.63 bits per heavy atom. The van der Waals surface area contributed by atoms with Crippen LogP contribution in [0.4, 0.5) is 5.69 Å². The fourth-order valence-corrected chi connectivity index (χ4v) is 6.99. The minimum atomic E-state index is -0.503. The van der Waals surface area contributed by atoms with E-state index in [9.17, 15) is 19.2 Å². The number of benzene rings is 1. The van der Waals surface area contributed by atoms with Gasteiger partial charge in [0.25, 0.3) is 0 Å². The molecule has 1 unspecified atom stereocenters. The van der Waals surface area contributed by atoms with Crippen molar-refractivity contribution in [2.45, 2.75) is 74.9 Å². The van der Waals surface area contributed by atoms with Crippen LogP contribution in [0.3, 0.4) is 0 Å². The SMILES string of the molecule is CN(CCOc1ccc(C2CCC(=O)NC2=O)cc1)c1ccncc1C1CN(C(=O)[C@@H]2CC[C@@H]3CCC[C@H](N)C(=O)N32)C1. The number of hydrogen-bond donors (Lipinski definition) is 2. The van der Waals surface area contributed by atoms with Crippen LogP contribution in [0.5, 0.6) is 5.75 Å². The molecule has 43 heavy (non-hydrogen) atoms. The van der Waals surface area contributed by atoms with E-state index >= 15 is 0 Å². The minimum absolute atomic E-state index is 0.0389. The molecule has 4 fully saturated rings. The minimum Gasteiger partial charge on any atom is -0.492 e. The Morgan fingerprint density at radius 2 is 1.86 bits per heavy atom. The van der Waals surface area contributed by atoms with Crippen molar-refractivity contribution in [2.24, 2.45) is 5.73 Å². The number of likely N-dealkylation sites (N-methyl/N-ethyl adjacent to an activating group) is 1. The summed E-state index contributed by atoms with van der Waals surface area (Å²) >= 11 is 0. The Hall–Kier alpha value is -3.99. The van der Waals surface area contributed by atoms with Crippen LogP contribution in [0.1, 0.15) is 67.9 Å². The van der Waals surface area contributed by atoms with Gasteiger partial charge in [-0.1, -0.05) is 12.1 Å². The van der Waals surface area contributed by atoms with Crippen LogP contribution >= 0.6 is 0 Å². The topological polar surface area (TPSA) is 138 Å². The molecule has 1 aromatic heterocycles. The number of ether oxygens (including phenoxy) is 1. The number of fused-ring (bicyclic) bond motifs is 1. The molecule has 11 heteroatoms. The summed E-state index contributed by atoms with van der Waals surface area (Å²) in [5.74, 6) is 0.0785. The number of amides is 4. The van der Waals surface area contributed by atoms with Crippen molar-refractivity contribution in [2.75, 3.05) is 38.2 Å². The zero-order valence-electron chi connectivity index (χ0n) is 24.6. The highest BCUT2D eigenvalue weighted by Gasteiger charge is 2.47. The van der Waals surface area contributed by atoms with Crippen LogP contribution in [0.15, 0.2) is 42.7 Å². The average Bonchev–Trinajstić information content (AvgIpc) is 3.34. The van der Waals surface area contributed by atoms with E-state index in [2.05, 4.69) is 15.2 Å². The molecule has 4 aliphatic rings. The second-order valence-electron chi connectivity index (χ2n) is 12.2. The van der Waals surface area contributed by atoms with Gasteiger partial charge in [0.2, 0.25) is 23.6 Å². The fourth-order valence-electron chi connectivity index (χ4n) is 6.99. The van der Waals surface area contributed by atoms with Gasteiger partial charge in [-0.2, -0.15) is 0 Å². The summed E-state index contributed by atoms with van der Waals surface area (Å²) in [6.45, 7) is 2.31. The Kier molecular flexibility index (Phi) is 8.34. The van der Waals surface area contributed by atoms with Gasteiger partial charge in [-0.25, -0.2) is 0 Å². The van der Waals surface area contributed by atoms with Crippen molar-refractivity contribution in [1.82, 2.24) is 20.1 Å². The molecule has 2 aromatic rings.